The molecule has 0 aliphatic carbocycles. The summed E-state index contributed by atoms with van der Waals surface area (Å²) in [7, 11) is 0. The van der Waals surface area contributed by atoms with Gasteiger partial charge in [-0.25, -0.2) is 9.97 Å². The third-order valence-electron chi connectivity index (χ3n) is 7.55. The molecule has 3 aromatic rings. The number of hydrogen-bond donors (Lipinski definition) is 2. The minimum Gasteiger partial charge on any atom is -0.355 e. The second kappa shape index (κ2) is 8.25. The molecule has 0 atom stereocenters. The Morgan fingerprint density at radius 1 is 0.424 bits per heavy atom. The zero-order valence-corrected chi connectivity index (χ0v) is 22.8. The number of allylic oxidation sites excluding steroid dienone is 4. The number of aryl methyl sites for hydroxylation is 4. The molecule has 4 nitrogen and oxygen atoms in total. The van der Waals surface area contributed by atoms with Gasteiger partial charge in [0.1, 0.15) is 0 Å². The molecule has 5 heterocycles. The molecule has 0 unspecified atom stereocenters. The van der Waals surface area contributed by atoms with Crippen LogP contribution in [0.3, 0.4) is 0 Å². The molecule has 3 aromatic heterocycles. The first-order valence-electron chi connectivity index (χ1n) is 11.2. The average Bonchev–Trinajstić information content (AvgIpc) is 3.37. The summed E-state index contributed by atoms with van der Waals surface area (Å²) in [5.41, 5.74) is 18.4. The van der Waals surface area contributed by atoms with Gasteiger partial charge in [-0.15, -0.1) is 0 Å². The standard InChI is InChI=1S/C28H30N4.Pt/c1-13-14(2)22-10-24-17(5)18(6)26(31-24)12-28-20(8)19(7)27(32-28)11-25-16(4)15(3)23(30-25)9-21(13)29-22;/h9-12,29,32H,1-8H3;. The average molecular weight is 618 g/mol. The minimum atomic E-state index is 0. The number of aromatic nitrogens is 4. The van der Waals surface area contributed by atoms with Gasteiger partial charge >= 0.3 is 0 Å². The second-order valence-electron chi connectivity index (χ2n) is 9.25. The van der Waals surface area contributed by atoms with Gasteiger partial charge in [0.05, 0.1) is 22.8 Å². The molecule has 2 N–H and O–H groups in total. The molecular weight excluding hydrogens is 587 g/mol. The van der Waals surface area contributed by atoms with E-state index in [-0.39, 0.29) is 21.1 Å². The first-order valence-corrected chi connectivity index (χ1v) is 11.2. The zero-order chi connectivity index (χ0) is 22.9. The second-order valence-corrected chi connectivity index (χ2v) is 9.25. The minimum absolute atomic E-state index is 0. The number of H-pyrrole nitrogens is 2. The maximum Gasteiger partial charge on any atom is 0.0690 e. The van der Waals surface area contributed by atoms with Crippen molar-refractivity contribution in [3.8, 4) is 0 Å². The number of hydrogen-bond acceptors (Lipinski definition) is 2. The largest absolute Gasteiger partial charge is 0.355 e. The van der Waals surface area contributed by atoms with Crippen LogP contribution in [-0.2, 0) is 21.1 Å². The number of rotatable bonds is 0. The normalized spacial score (nSPS) is 13.6. The summed E-state index contributed by atoms with van der Waals surface area (Å²) in [4.78, 5) is 17.3. The van der Waals surface area contributed by atoms with Crippen LogP contribution in [0.2, 0.25) is 0 Å². The van der Waals surface area contributed by atoms with Crippen LogP contribution >= 0.6 is 0 Å². The fourth-order valence-corrected chi connectivity index (χ4v) is 4.52. The summed E-state index contributed by atoms with van der Waals surface area (Å²) < 4.78 is 0. The molecule has 0 aromatic carbocycles. The van der Waals surface area contributed by atoms with Gasteiger partial charge < -0.3 is 9.97 Å². The molecule has 0 saturated heterocycles. The van der Waals surface area contributed by atoms with Crippen LogP contribution in [0.15, 0.2) is 24.3 Å². The van der Waals surface area contributed by atoms with Crippen LogP contribution in [0.4, 0.5) is 0 Å². The Labute approximate surface area is 209 Å². The van der Waals surface area contributed by atoms with E-state index in [0.717, 1.165) is 44.8 Å². The smallest absolute Gasteiger partial charge is 0.0690 e. The van der Waals surface area contributed by atoms with Crippen LogP contribution in [0, 0.1) is 27.7 Å². The molecule has 33 heavy (non-hydrogen) atoms. The summed E-state index contributed by atoms with van der Waals surface area (Å²) in [5.74, 6) is 0. The third-order valence-corrected chi connectivity index (χ3v) is 7.55. The quantitative estimate of drug-likeness (QED) is 0.276. The van der Waals surface area contributed by atoms with Crippen molar-refractivity contribution in [3.63, 3.8) is 0 Å². The van der Waals surface area contributed by atoms with E-state index < -0.39 is 0 Å². The van der Waals surface area contributed by atoms with Gasteiger partial charge in [-0.05, 0) is 124 Å². The Hall–Kier alpha value is -2.71. The number of aromatic amines is 2. The molecular formula is C28H30N4Pt. The van der Waals surface area contributed by atoms with Gasteiger partial charge in [0.25, 0.3) is 0 Å². The number of nitrogens with zero attached hydrogens (tertiary/aromatic N) is 2. The van der Waals surface area contributed by atoms with Crippen molar-refractivity contribution in [2.24, 2.45) is 0 Å². The van der Waals surface area contributed by atoms with Gasteiger partial charge in [-0.3, -0.25) is 0 Å². The molecule has 0 saturated carbocycles. The summed E-state index contributed by atoms with van der Waals surface area (Å²) in [5, 5.41) is 0. The maximum absolute atomic E-state index is 5.00. The van der Waals surface area contributed by atoms with Crippen LogP contribution in [0.1, 0.15) is 72.7 Å². The molecule has 8 bridgehead atoms. The van der Waals surface area contributed by atoms with E-state index in [0.29, 0.717) is 0 Å². The van der Waals surface area contributed by atoms with Crippen molar-refractivity contribution in [1.82, 2.24) is 19.9 Å². The van der Waals surface area contributed by atoms with Crippen LogP contribution in [0.5, 0.6) is 0 Å². The predicted molar refractivity (Wildman–Crippen MR) is 136 cm³/mol. The monoisotopic (exact) mass is 617 g/mol. The van der Waals surface area contributed by atoms with E-state index in [9.17, 15) is 0 Å². The van der Waals surface area contributed by atoms with Crippen LogP contribution in [-0.4, -0.2) is 19.9 Å². The Bertz CT molecular complexity index is 1320. The molecule has 0 radical (unpaired) electrons. The SMILES string of the molecule is CC1=C(C)c2cc3[nH]c(cc4nc(cc5[nH]c(cc1n2)c(C)c5C)C(C)=C4C)c(C)c3C.[Pt]. The molecule has 172 valence electrons. The van der Waals surface area contributed by atoms with Gasteiger partial charge in [-0.2, -0.15) is 0 Å². The fourth-order valence-electron chi connectivity index (χ4n) is 4.52. The van der Waals surface area contributed by atoms with E-state index in [1.165, 1.54) is 44.5 Å². The van der Waals surface area contributed by atoms with E-state index in [4.69, 9.17) is 9.97 Å². The Morgan fingerprint density at radius 2 is 0.636 bits per heavy atom. The molecule has 2 aliphatic rings. The maximum atomic E-state index is 5.00. The Kier molecular flexibility index (Phi) is 5.86. The van der Waals surface area contributed by atoms with Crippen molar-refractivity contribution in [3.05, 3.63) is 69.3 Å². The summed E-state index contributed by atoms with van der Waals surface area (Å²) >= 11 is 0. The van der Waals surface area contributed by atoms with E-state index in [1.54, 1.807) is 0 Å². The van der Waals surface area contributed by atoms with Crippen molar-refractivity contribution < 1.29 is 21.1 Å². The fraction of sp³-hybridized carbons (Fsp3) is 0.286. The van der Waals surface area contributed by atoms with Gasteiger partial charge in [0, 0.05) is 43.1 Å². The van der Waals surface area contributed by atoms with Crippen LogP contribution in [0.25, 0.3) is 44.4 Å². The molecule has 5 heteroatoms. The summed E-state index contributed by atoms with van der Waals surface area (Å²) in [6, 6.07) is 8.72. The Balaban J connectivity index is 0.00000259. The van der Waals surface area contributed by atoms with E-state index in [1.807, 2.05) is 0 Å². The topological polar surface area (TPSA) is 57.4 Å². The predicted octanol–water partition coefficient (Wildman–Crippen LogP) is 7.45. The summed E-state index contributed by atoms with van der Waals surface area (Å²) in [6.07, 6.45) is 0. The zero-order valence-electron chi connectivity index (χ0n) is 20.5. The first-order chi connectivity index (χ1) is 15.2. The molecule has 0 fully saturated rings. The van der Waals surface area contributed by atoms with Crippen molar-refractivity contribution in [1.29, 1.82) is 0 Å². The van der Waals surface area contributed by atoms with Gasteiger partial charge in [-0.1, -0.05) is 0 Å². The molecule has 0 spiro atoms. The van der Waals surface area contributed by atoms with E-state index >= 15 is 0 Å². The third kappa shape index (κ3) is 3.65. The van der Waals surface area contributed by atoms with Crippen molar-refractivity contribution in [2.45, 2.75) is 55.4 Å². The van der Waals surface area contributed by atoms with Crippen molar-refractivity contribution >= 4 is 44.4 Å². The van der Waals surface area contributed by atoms with Gasteiger partial charge in [0.15, 0.2) is 0 Å². The van der Waals surface area contributed by atoms with Crippen LogP contribution < -0.4 is 0 Å². The van der Waals surface area contributed by atoms with Gasteiger partial charge in [0.2, 0.25) is 0 Å². The number of fused-ring (bicyclic) bond motifs is 8. The molecule has 2 aliphatic heterocycles. The number of nitrogens with one attached hydrogen (secondary N) is 2. The molecule has 5 rings (SSSR count). The summed E-state index contributed by atoms with van der Waals surface area (Å²) in [6.45, 7) is 17.3. The first kappa shape index (κ1) is 23.4. The molecule has 0 amide bonds. The Morgan fingerprint density at radius 3 is 0.848 bits per heavy atom. The van der Waals surface area contributed by atoms with Crippen molar-refractivity contribution in [2.75, 3.05) is 0 Å². The van der Waals surface area contributed by atoms with E-state index in [2.05, 4.69) is 89.6 Å².